The van der Waals surface area contributed by atoms with Gasteiger partial charge in [0.15, 0.2) is 0 Å². The van der Waals surface area contributed by atoms with Crippen LogP contribution in [-0.4, -0.2) is 46.8 Å². The number of rotatable bonds is 1. The van der Waals surface area contributed by atoms with E-state index in [0.29, 0.717) is 5.82 Å². The Bertz CT molecular complexity index is 526. The molecule has 6 nitrogen and oxygen atoms in total. The van der Waals surface area contributed by atoms with Crippen molar-refractivity contribution in [3.05, 3.63) is 18.3 Å². The number of piperidine rings is 1. The van der Waals surface area contributed by atoms with Crippen LogP contribution in [0.4, 0.5) is 16.3 Å². The van der Waals surface area contributed by atoms with Gasteiger partial charge in [-0.3, -0.25) is 4.90 Å². The first-order valence-corrected chi connectivity index (χ1v) is 7.31. The number of hydrogen-bond acceptors (Lipinski definition) is 5. The van der Waals surface area contributed by atoms with E-state index >= 15 is 0 Å². The molecule has 6 heteroatoms. The lowest BCUT2D eigenvalue weighted by atomic mass is 9.88. The molecule has 3 aliphatic rings. The summed E-state index contributed by atoms with van der Waals surface area (Å²) in [5.74, 6) is 0.524. The van der Waals surface area contributed by atoms with Crippen molar-refractivity contribution in [1.82, 2.24) is 9.88 Å². The Balaban J connectivity index is 1.64. The molecule has 0 radical (unpaired) electrons. The lowest BCUT2D eigenvalue weighted by Gasteiger charge is -2.56. The molecule has 4 rings (SSSR count). The molecule has 2 bridgehead atoms. The highest BCUT2D eigenvalue weighted by molar-refractivity contribution is 5.71. The second kappa shape index (κ2) is 4.79. The number of anilines is 2. The fourth-order valence-corrected chi connectivity index (χ4v) is 3.02. The Kier molecular flexibility index (Phi) is 3.19. The molecule has 0 saturated carbocycles. The van der Waals surface area contributed by atoms with Crippen LogP contribution in [0.2, 0.25) is 0 Å². The Labute approximate surface area is 124 Å². The predicted molar refractivity (Wildman–Crippen MR) is 81.1 cm³/mol. The first kappa shape index (κ1) is 14.0. The van der Waals surface area contributed by atoms with E-state index in [-0.39, 0.29) is 18.2 Å². The van der Waals surface area contributed by atoms with E-state index in [1.54, 1.807) is 12.3 Å². The molecule has 2 unspecified atom stereocenters. The van der Waals surface area contributed by atoms with Crippen LogP contribution in [0.3, 0.4) is 0 Å². The van der Waals surface area contributed by atoms with Gasteiger partial charge in [-0.1, -0.05) is 0 Å². The Morgan fingerprint density at radius 2 is 2.00 bits per heavy atom. The molecule has 3 saturated heterocycles. The van der Waals surface area contributed by atoms with Crippen molar-refractivity contribution in [3.63, 3.8) is 0 Å². The maximum Gasteiger partial charge on any atom is 0.410 e. The van der Waals surface area contributed by atoms with E-state index in [4.69, 9.17) is 10.5 Å². The van der Waals surface area contributed by atoms with Crippen LogP contribution >= 0.6 is 0 Å². The molecule has 2 atom stereocenters. The van der Waals surface area contributed by atoms with Crippen LogP contribution < -0.4 is 10.6 Å². The van der Waals surface area contributed by atoms with Crippen LogP contribution in [-0.2, 0) is 4.74 Å². The predicted octanol–water partition coefficient (Wildman–Crippen LogP) is 1.86. The Morgan fingerprint density at radius 3 is 2.52 bits per heavy atom. The van der Waals surface area contributed by atoms with Gasteiger partial charge in [0.25, 0.3) is 0 Å². The van der Waals surface area contributed by atoms with E-state index in [1.165, 1.54) is 0 Å². The lowest BCUT2D eigenvalue weighted by molar-refractivity contribution is -0.0379. The molecule has 0 spiro atoms. The summed E-state index contributed by atoms with van der Waals surface area (Å²) in [6, 6.07) is 4.25. The molecule has 3 aliphatic heterocycles. The van der Waals surface area contributed by atoms with Gasteiger partial charge >= 0.3 is 6.09 Å². The number of carbonyl (C=O) groups is 1. The first-order valence-electron chi connectivity index (χ1n) is 7.31. The molecule has 1 amide bonds. The highest BCUT2D eigenvalue weighted by Crippen LogP contribution is 2.35. The number of nitrogen functional groups attached to an aromatic ring is 1. The van der Waals surface area contributed by atoms with Crippen LogP contribution in [0.1, 0.15) is 27.2 Å². The van der Waals surface area contributed by atoms with Gasteiger partial charge in [-0.2, -0.15) is 0 Å². The molecule has 1 aromatic heterocycles. The average Bonchev–Trinajstić information content (AvgIpc) is 2.37. The molecule has 2 N–H and O–H groups in total. The summed E-state index contributed by atoms with van der Waals surface area (Å²) < 4.78 is 5.47. The van der Waals surface area contributed by atoms with Crippen molar-refractivity contribution in [1.29, 1.82) is 0 Å². The van der Waals surface area contributed by atoms with Crippen LogP contribution in [0.25, 0.3) is 0 Å². The van der Waals surface area contributed by atoms with Crippen LogP contribution in [0.5, 0.6) is 0 Å². The smallest absolute Gasteiger partial charge is 0.410 e. The number of pyridine rings is 1. The van der Waals surface area contributed by atoms with Gasteiger partial charge in [0.2, 0.25) is 0 Å². The van der Waals surface area contributed by atoms with Crippen molar-refractivity contribution < 1.29 is 9.53 Å². The number of aromatic nitrogens is 1. The van der Waals surface area contributed by atoms with Gasteiger partial charge in [0, 0.05) is 13.1 Å². The topological polar surface area (TPSA) is 71.7 Å². The third-order valence-electron chi connectivity index (χ3n) is 3.93. The van der Waals surface area contributed by atoms with Gasteiger partial charge in [-0.15, -0.1) is 0 Å². The summed E-state index contributed by atoms with van der Waals surface area (Å²) in [6.07, 6.45) is 2.65. The second-order valence-corrected chi connectivity index (χ2v) is 6.78. The van der Waals surface area contributed by atoms with Crippen molar-refractivity contribution in [2.24, 2.45) is 0 Å². The summed E-state index contributed by atoms with van der Waals surface area (Å²) in [5, 5.41) is 0. The van der Waals surface area contributed by atoms with E-state index in [1.807, 2.05) is 31.7 Å². The molecule has 1 aromatic rings. The first-order chi connectivity index (χ1) is 9.83. The van der Waals surface area contributed by atoms with E-state index < -0.39 is 5.60 Å². The molecule has 3 fully saturated rings. The van der Waals surface area contributed by atoms with E-state index in [0.717, 1.165) is 25.2 Å². The quantitative estimate of drug-likeness (QED) is 0.854. The highest BCUT2D eigenvalue weighted by atomic mass is 16.6. The maximum absolute atomic E-state index is 12.2. The summed E-state index contributed by atoms with van der Waals surface area (Å²) in [7, 11) is 0. The molecule has 21 heavy (non-hydrogen) atoms. The Morgan fingerprint density at radius 1 is 1.33 bits per heavy atom. The van der Waals surface area contributed by atoms with Gasteiger partial charge in [0.1, 0.15) is 11.4 Å². The zero-order valence-electron chi connectivity index (χ0n) is 12.7. The monoisotopic (exact) mass is 290 g/mol. The van der Waals surface area contributed by atoms with Crippen molar-refractivity contribution in [3.8, 4) is 0 Å². The van der Waals surface area contributed by atoms with Crippen molar-refractivity contribution in [2.45, 2.75) is 44.9 Å². The second-order valence-electron chi connectivity index (χ2n) is 6.78. The van der Waals surface area contributed by atoms with Gasteiger partial charge in [-0.05, 0) is 39.3 Å². The average molecular weight is 290 g/mol. The van der Waals surface area contributed by atoms with Crippen molar-refractivity contribution >= 4 is 17.6 Å². The summed E-state index contributed by atoms with van der Waals surface area (Å²) >= 11 is 0. The number of nitrogens with two attached hydrogens (primary N) is 1. The lowest BCUT2D eigenvalue weighted by Crippen LogP contribution is -2.70. The van der Waals surface area contributed by atoms with Gasteiger partial charge < -0.3 is 15.4 Å². The number of ether oxygens (including phenoxy) is 1. The maximum atomic E-state index is 12.2. The number of nitrogens with zero attached hydrogens (tertiary/aromatic N) is 3. The third-order valence-corrected chi connectivity index (χ3v) is 3.93. The zero-order valence-corrected chi connectivity index (χ0v) is 12.7. The number of carbonyl (C=O) groups excluding carboxylic acids is 1. The van der Waals surface area contributed by atoms with Crippen LogP contribution in [0.15, 0.2) is 18.3 Å². The SMILES string of the molecule is CC(C)(C)OC(=O)N1C2CC1CN(c1ccc(N)nc1)C2. The minimum atomic E-state index is -0.443. The molecule has 4 heterocycles. The third kappa shape index (κ3) is 2.75. The number of amides is 1. The summed E-state index contributed by atoms with van der Waals surface area (Å²) in [4.78, 5) is 20.5. The minimum absolute atomic E-state index is 0.196. The fourth-order valence-electron chi connectivity index (χ4n) is 3.02. The standard InChI is InChI=1S/C15H22N4O2/c1-15(2,3)21-14(20)19-11-6-12(19)9-18(8-11)10-4-5-13(16)17-7-10/h4-5,7,11-12H,6,8-9H2,1-3H3,(H2,16,17). The highest BCUT2D eigenvalue weighted by Gasteiger charge is 2.48. The van der Waals surface area contributed by atoms with E-state index in [2.05, 4.69) is 9.88 Å². The van der Waals surface area contributed by atoms with E-state index in [9.17, 15) is 4.79 Å². The number of fused-ring (bicyclic) bond motifs is 2. The molecule has 114 valence electrons. The zero-order chi connectivity index (χ0) is 15.2. The molecule has 0 aromatic carbocycles. The van der Waals surface area contributed by atoms with Crippen molar-refractivity contribution in [2.75, 3.05) is 23.7 Å². The summed E-state index contributed by atoms with van der Waals surface area (Å²) in [5.41, 5.74) is 6.23. The van der Waals surface area contributed by atoms with Gasteiger partial charge in [0.05, 0.1) is 24.0 Å². The normalized spacial score (nSPS) is 24.5. The van der Waals surface area contributed by atoms with Gasteiger partial charge in [-0.25, -0.2) is 9.78 Å². The largest absolute Gasteiger partial charge is 0.444 e. The van der Waals surface area contributed by atoms with Crippen LogP contribution in [0, 0.1) is 0 Å². The Hall–Kier alpha value is -1.98. The minimum Gasteiger partial charge on any atom is -0.444 e. The molecular formula is C15H22N4O2. The fraction of sp³-hybridized carbons (Fsp3) is 0.600. The number of hydrogen-bond donors (Lipinski definition) is 1. The summed E-state index contributed by atoms with van der Waals surface area (Å²) in [6.45, 7) is 7.33. The molecule has 0 aliphatic carbocycles. The number of piperazine rings is 1. The molecular weight excluding hydrogens is 268 g/mol.